The van der Waals surface area contributed by atoms with E-state index >= 15 is 0 Å². The predicted octanol–water partition coefficient (Wildman–Crippen LogP) is 3.67. The third kappa shape index (κ3) is 2.27. The van der Waals surface area contributed by atoms with Gasteiger partial charge in [-0.2, -0.15) is 0 Å². The minimum atomic E-state index is 0.146. The smallest absolute Gasteiger partial charge is 0.0456 e. The Morgan fingerprint density at radius 1 is 1.31 bits per heavy atom. The van der Waals surface area contributed by atoms with E-state index in [1.807, 2.05) is 0 Å². The number of nitrogens with one attached hydrogen (secondary N) is 1. The van der Waals surface area contributed by atoms with E-state index in [0.717, 1.165) is 12.1 Å². The highest BCUT2D eigenvalue weighted by Gasteiger charge is 2.08. The average molecular weight is 216 g/mol. The van der Waals surface area contributed by atoms with Crippen molar-refractivity contribution in [2.75, 3.05) is 0 Å². The number of aryl methyl sites for hydroxylation is 1. The maximum Gasteiger partial charge on any atom is 0.0456 e. The molecule has 1 aromatic carbocycles. The molecule has 1 unspecified atom stereocenters. The Morgan fingerprint density at radius 2 is 2.12 bits per heavy atom. The number of rotatable bonds is 4. The fourth-order valence-electron chi connectivity index (χ4n) is 2.05. The highest BCUT2D eigenvalue weighted by Crippen LogP contribution is 2.22. The molecule has 0 aliphatic carbocycles. The third-order valence-electron chi connectivity index (χ3n) is 3.07. The number of hydrogen-bond acceptors (Lipinski definition) is 1. The first kappa shape index (κ1) is 11.2. The number of H-pyrrole nitrogens is 1. The summed E-state index contributed by atoms with van der Waals surface area (Å²) in [6.07, 6.45) is 3.45. The standard InChI is InChI=1S/C14H20N2/c1-3-4-5-12(15)14-9-11-8-10(2)6-7-13(11)16-14/h6-9,12,16H,3-5,15H2,1-2H3. The van der Waals surface area contributed by atoms with Crippen LogP contribution in [0.1, 0.15) is 43.5 Å². The van der Waals surface area contributed by atoms with Gasteiger partial charge in [-0.25, -0.2) is 0 Å². The highest BCUT2D eigenvalue weighted by atomic mass is 14.8. The van der Waals surface area contributed by atoms with Crippen molar-refractivity contribution in [3.8, 4) is 0 Å². The van der Waals surface area contributed by atoms with Crippen LogP contribution in [0.2, 0.25) is 0 Å². The van der Waals surface area contributed by atoms with Gasteiger partial charge in [-0.05, 0) is 36.9 Å². The zero-order chi connectivity index (χ0) is 11.5. The lowest BCUT2D eigenvalue weighted by Crippen LogP contribution is -2.10. The van der Waals surface area contributed by atoms with Gasteiger partial charge in [0, 0.05) is 17.3 Å². The number of hydrogen-bond donors (Lipinski definition) is 2. The normalized spacial score (nSPS) is 13.2. The Bertz CT molecular complexity index is 471. The quantitative estimate of drug-likeness (QED) is 0.804. The van der Waals surface area contributed by atoms with Crippen molar-refractivity contribution in [3.05, 3.63) is 35.5 Å². The third-order valence-corrected chi connectivity index (χ3v) is 3.07. The summed E-state index contributed by atoms with van der Waals surface area (Å²) in [4.78, 5) is 3.41. The molecule has 0 saturated carbocycles. The molecule has 1 aromatic heterocycles. The second-order valence-corrected chi connectivity index (χ2v) is 4.56. The van der Waals surface area contributed by atoms with E-state index in [9.17, 15) is 0 Å². The molecule has 0 bridgehead atoms. The van der Waals surface area contributed by atoms with Gasteiger partial charge in [0.25, 0.3) is 0 Å². The zero-order valence-corrected chi connectivity index (χ0v) is 10.1. The number of aromatic amines is 1. The molecule has 0 aliphatic rings. The molecular formula is C14H20N2. The van der Waals surface area contributed by atoms with Crippen LogP contribution in [-0.2, 0) is 0 Å². The van der Waals surface area contributed by atoms with Crippen LogP contribution in [-0.4, -0.2) is 4.98 Å². The predicted molar refractivity (Wildman–Crippen MR) is 69.5 cm³/mol. The van der Waals surface area contributed by atoms with Gasteiger partial charge in [0.2, 0.25) is 0 Å². The first-order valence-electron chi connectivity index (χ1n) is 6.05. The minimum Gasteiger partial charge on any atom is -0.357 e. The van der Waals surface area contributed by atoms with Crippen LogP contribution in [0.4, 0.5) is 0 Å². The van der Waals surface area contributed by atoms with E-state index in [2.05, 4.69) is 43.1 Å². The van der Waals surface area contributed by atoms with Crippen molar-refractivity contribution in [2.45, 2.75) is 39.2 Å². The molecule has 0 spiro atoms. The second-order valence-electron chi connectivity index (χ2n) is 4.56. The van der Waals surface area contributed by atoms with Gasteiger partial charge >= 0.3 is 0 Å². The Morgan fingerprint density at radius 3 is 2.88 bits per heavy atom. The van der Waals surface area contributed by atoms with E-state index in [1.54, 1.807) is 0 Å². The molecule has 0 saturated heterocycles. The monoisotopic (exact) mass is 216 g/mol. The van der Waals surface area contributed by atoms with Crippen LogP contribution in [0.25, 0.3) is 10.9 Å². The van der Waals surface area contributed by atoms with E-state index in [-0.39, 0.29) is 6.04 Å². The summed E-state index contributed by atoms with van der Waals surface area (Å²) >= 11 is 0. The fraction of sp³-hybridized carbons (Fsp3) is 0.429. The van der Waals surface area contributed by atoms with Crippen LogP contribution in [0.5, 0.6) is 0 Å². The molecule has 0 fully saturated rings. The summed E-state index contributed by atoms with van der Waals surface area (Å²) in [5, 5.41) is 1.27. The van der Waals surface area contributed by atoms with Crippen molar-refractivity contribution in [1.82, 2.24) is 4.98 Å². The van der Waals surface area contributed by atoms with Gasteiger partial charge in [-0.3, -0.25) is 0 Å². The zero-order valence-electron chi connectivity index (χ0n) is 10.1. The lowest BCUT2D eigenvalue weighted by atomic mass is 10.1. The molecule has 16 heavy (non-hydrogen) atoms. The Balaban J connectivity index is 2.25. The first-order valence-corrected chi connectivity index (χ1v) is 6.05. The van der Waals surface area contributed by atoms with Crippen LogP contribution >= 0.6 is 0 Å². The second kappa shape index (κ2) is 4.71. The highest BCUT2D eigenvalue weighted by molar-refractivity contribution is 5.81. The summed E-state index contributed by atoms with van der Waals surface area (Å²) in [6, 6.07) is 8.78. The maximum absolute atomic E-state index is 6.15. The van der Waals surface area contributed by atoms with Crippen LogP contribution in [0, 0.1) is 6.92 Å². The van der Waals surface area contributed by atoms with Crippen LogP contribution < -0.4 is 5.73 Å². The van der Waals surface area contributed by atoms with Gasteiger partial charge < -0.3 is 10.7 Å². The number of nitrogens with two attached hydrogens (primary N) is 1. The van der Waals surface area contributed by atoms with Gasteiger partial charge in [0.05, 0.1) is 0 Å². The van der Waals surface area contributed by atoms with Gasteiger partial charge in [0.15, 0.2) is 0 Å². The molecule has 0 amide bonds. The van der Waals surface area contributed by atoms with E-state index in [1.165, 1.54) is 29.3 Å². The largest absolute Gasteiger partial charge is 0.357 e. The molecule has 3 N–H and O–H groups in total. The Labute approximate surface area is 96.9 Å². The molecular weight excluding hydrogens is 196 g/mol. The molecule has 86 valence electrons. The summed E-state index contributed by atoms with van der Waals surface area (Å²) < 4.78 is 0. The Kier molecular flexibility index (Phi) is 3.30. The van der Waals surface area contributed by atoms with Crippen molar-refractivity contribution >= 4 is 10.9 Å². The van der Waals surface area contributed by atoms with Crippen LogP contribution in [0.15, 0.2) is 24.3 Å². The van der Waals surface area contributed by atoms with E-state index in [4.69, 9.17) is 5.73 Å². The lowest BCUT2D eigenvalue weighted by Gasteiger charge is -2.07. The Hall–Kier alpha value is -1.28. The summed E-state index contributed by atoms with van der Waals surface area (Å²) in [7, 11) is 0. The molecule has 2 heteroatoms. The number of aromatic nitrogens is 1. The maximum atomic E-state index is 6.15. The van der Waals surface area contributed by atoms with Crippen molar-refractivity contribution in [3.63, 3.8) is 0 Å². The van der Waals surface area contributed by atoms with Crippen molar-refractivity contribution < 1.29 is 0 Å². The van der Waals surface area contributed by atoms with Gasteiger partial charge in [0.1, 0.15) is 0 Å². The SMILES string of the molecule is CCCCC(N)c1cc2cc(C)ccc2[nH]1. The minimum absolute atomic E-state index is 0.146. The number of benzene rings is 1. The first-order chi connectivity index (χ1) is 7.70. The lowest BCUT2D eigenvalue weighted by molar-refractivity contribution is 0.594. The van der Waals surface area contributed by atoms with Crippen molar-refractivity contribution in [2.24, 2.45) is 5.73 Å². The summed E-state index contributed by atoms with van der Waals surface area (Å²) in [5.74, 6) is 0. The topological polar surface area (TPSA) is 41.8 Å². The van der Waals surface area contributed by atoms with Crippen LogP contribution in [0.3, 0.4) is 0 Å². The average Bonchev–Trinajstić information content (AvgIpc) is 2.68. The molecule has 2 rings (SSSR count). The summed E-state index contributed by atoms with van der Waals surface area (Å²) in [5.41, 5.74) is 9.79. The van der Waals surface area contributed by atoms with E-state index < -0.39 is 0 Å². The number of unbranched alkanes of at least 4 members (excludes halogenated alkanes) is 1. The fourth-order valence-corrected chi connectivity index (χ4v) is 2.05. The van der Waals surface area contributed by atoms with Crippen molar-refractivity contribution in [1.29, 1.82) is 0 Å². The molecule has 1 heterocycles. The van der Waals surface area contributed by atoms with E-state index in [0.29, 0.717) is 0 Å². The molecule has 1 atom stereocenters. The number of fused-ring (bicyclic) bond motifs is 1. The molecule has 0 aliphatic heterocycles. The molecule has 2 aromatic rings. The summed E-state index contributed by atoms with van der Waals surface area (Å²) in [6.45, 7) is 4.31. The van der Waals surface area contributed by atoms with Gasteiger partial charge in [-0.15, -0.1) is 0 Å². The molecule has 0 radical (unpaired) electrons. The molecule has 2 nitrogen and oxygen atoms in total. The van der Waals surface area contributed by atoms with Gasteiger partial charge in [-0.1, -0.05) is 31.4 Å².